The van der Waals surface area contributed by atoms with E-state index in [0.29, 0.717) is 0 Å². The molecule has 2 rings (SSSR count). The highest BCUT2D eigenvalue weighted by Crippen LogP contribution is 2.05. The van der Waals surface area contributed by atoms with Gasteiger partial charge in [-0.1, -0.05) is 24.3 Å². The molecule has 0 atom stereocenters. The first-order valence-electron chi connectivity index (χ1n) is 7.95. The van der Waals surface area contributed by atoms with Crippen molar-refractivity contribution in [2.45, 2.75) is 19.6 Å². The Morgan fingerprint density at radius 2 is 1.67 bits per heavy atom. The number of nitrogens with zero attached hydrogens (tertiary/aromatic N) is 3. The van der Waals surface area contributed by atoms with Crippen molar-refractivity contribution < 1.29 is 0 Å². The van der Waals surface area contributed by atoms with Crippen molar-refractivity contribution >= 4 is 29.9 Å². The molecule has 132 valence electrons. The van der Waals surface area contributed by atoms with Gasteiger partial charge >= 0.3 is 0 Å². The maximum atomic E-state index is 4.26. The molecule has 0 spiro atoms. The monoisotopic (exact) mass is 441 g/mol. The van der Waals surface area contributed by atoms with E-state index in [1.165, 1.54) is 11.1 Å². The van der Waals surface area contributed by atoms with Crippen LogP contribution in [0.1, 0.15) is 11.1 Å². The number of halogens is 1. The molecule has 2 N–H and O–H groups in total. The molecule has 1 aromatic heterocycles. The zero-order valence-electron chi connectivity index (χ0n) is 14.7. The maximum Gasteiger partial charge on any atom is 0.191 e. The molecule has 0 bridgehead atoms. The molecular weight excluding hydrogens is 413 g/mol. The van der Waals surface area contributed by atoms with Gasteiger partial charge in [-0.25, -0.2) is 0 Å². The molecule has 0 saturated heterocycles. The number of hydrogen-bond acceptors (Lipinski definition) is 2. The predicted molar refractivity (Wildman–Crippen MR) is 112 cm³/mol. The first kappa shape index (κ1) is 20.5. The van der Waals surface area contributed by atoms with Gasteiger partial charge in [0.05, 0.1) is 0 Å². The summed E-state index contributed by atoms with van der Waals surface area (Å²) < 4.78 is 2.14. The third-order valence-corrected chi connectivity index (χ3v) is 3.53. The summed E-state index contributed by atoms with van der Waals surface area (Å²) in [6, 6.07) is 12.8. The Bertz CT molecular complexity index is 590. The van der Waals surface area contributed by atoms with Gasteiger partial charge in [-0.3, -0.25) is 4.99 Å². The van der Waals surface area contributed by atoms with Gasteiger partial charge in [-0.15, -0.1) is 24.0 Å². The number of guanidine groups is 1. The Morgan fingerprint density at radius 3 is 2.25 bits per heavy atom. The van der Waals surface area contributed by atoms with Crippen molar-refractivity contribution in [3.05, 3.63) is 59.9 Å². The van der Waals surface area contributed by atoms with Gasteiger partial charge in [0.25, 0.3) is 0 Å². The van der Waals surface area contributed by atoms with Crippen molar-refractivity contribution in [2.75, 3.05) is 27.7 Å². The number of hydrogen-bond donors (Lipinski definition) is 2. The lowest BCUT2D eigenvalue weighted by Gasteiger charge is -2.13. The van der Waals surface area contributed by atoms with Crippen LogP contribution in [0, 0.1) is 0 Å². The topological polar surface area (TPSA) is 44.6 Å². The average molecular weight is 441 g/mol. The minimum absolute atomic E-state index is 0. The van der Waals surface area contributed by atoms with Crippen LogP contribution in [-0.2, 0) is 19.6 Å². The van der Waals surface area contributed by atoms with E-state index >= 15 is 0 Å². The number of aliphatic imine (C=N–C) groups is 1. The van der Waals surface area contributed by atoms with Crippen LogP contribution in [0.4, 0.5) is 0 Å². The van der Waals surface area contributed by atoms with Gasteiger partial charge in [-0.2, -0.15) is 0 Å². The van der Waals surface area contributed by atoms with Crippen LogP contribution < -0.4 is 10.6 Å². The minimum atomic E-state index is 0. The van der Waals surface area contributed by atoms with E-state index in [0.717, 1.165) is 32.1 Å². The quantitative estimate of drug-likeness (QED) is 0.395. The van der Waals surface area contributed by atoms with E-state index in [1.54, 1.807) is 7.05 Å². The molecule has 0 fully saturated rings. The summed E-state index contributed by atoms with van der Waals surface area (Å²) in [4.78, 5) is 6.43. The summed E-state index contributed by atoms with van der Waals surface area (Å²) >= 11 is 0. The first-order valence-corrected chi connectivity index (χ1v) is 7.95. The lowest BCUT2D eigenvalue weighted by molar-refractivity contribution is 0.402. The molecule has 0 amide bonds. The average Bonchev–Trinajstić information content (AvgIpc) is 3.05. The highest BCUT2D eigenvalue weighted by atomic mass is 127. The first-order chi connectivity index (χ1) is 11.2. The number of benzene rings is 1. The molecule has 0 radical (unpaired) electrons. The highest BCUT2D eigenvalue weighted by molar-refractivity contribution is 14.0. The van der Waals surface area contributed by atoms with Gasteiger partial charge in [0.2, 0.25) is 0 Å². The molecule has 2 aromatic rings. The van der Waals surface area contributed by atoms with Crippen LogP contribution in [0.25, 0.3) is 0 Å². The van der Waals surface area contributed by atoms with E-state index in [9.17, 15) is 0 Å². The van der Waals surface area contributed by atoms with Crippen molar-refractivity contribution in [1.29, 1.82) is 0 Å². The maximum absolute atomic E-state index is 4.26. The van der Waals surface area contributed by atoms with Crippen LogP contribution in [0.5, 0.6) is 0 Å². The second-order valence-electron chi connectivity index (χ2n) is 5.83. The standard InChI is InChI=1S/C18H27N5.HI/c1-19-18(20-10-13-23-11-4-5-12-23)21-14-16-6-8-17(9-7-16)15-22(2)3;/h4-9,11-12H,10,13-15H2,1-3H3,(H2,19,20,21);1H. The fraction of sp³-hybridized carbons (Fsp3) is 0.389. The van der Waals surface area contributed by atoms with Crippen LogP contribution in [0.2, 0.25) is 0 Å². The van der Waals surface area contributed by atoms with Gasteiger partial charge in [-0.05, 0) is 37.4 Å². The van der Waals surface area contributed by atoms with E-state index in [2.05, 4.69) is 75.8 Å². The number of nitrogens with one attached hydrogen (secondary N) is 2. The van der Waals surface area contributed by atoms with Crippen LogP contribution in [-0.4, -0.2) is 43.1 Å². The summed E-state index contributed by atoms with van der Waals surface area (Å²) in [7, 11) is 5.96. The number of rotatable bonds is 7. The van der Waals surface area contributed by atoms with Crippen molar-refractivity contribution in [2.24, 2.45) is 4.99 Å². The van der Waals surface area contributed by atoms with Crippen molar-refractivity contribution in [3.8, 4) is 0 Å². The molecular formula is C18H28IN5. The molecule has 0 aliphatic rings. The lowest BCUT2D eigenvalue weighted by atomic mass is 10.1. The molecule has 5 nitrogen and oxygen atoms in total. The Morgan fingerprint density at radius 1 is 1.04 bits per heavy atom. The summed E-state index contributed by atoms with van der Waals surface area (Å²) in [5.41, 5.74) is 2.58. The fourth-order valence-electron chi connectivity index (χ4n) is 2.36. The second-order valence-corrected chi connectivity index (χ2v) is 5.83. The Labute approximate surface area is 162 Å². The largest absolute Gasteiger partial charge is 0.355 e. The Hall–Kier alpha value is -1.54. The molecule has 24 heavy (non-hydrogen) atoms. The van der Waals surface area contributed by atoms with Crippen LogP contribution in [0.15, 0.2) is 53.8 Å². The molecule has 0 aliphatic carbocycles. The molecule has 0 unspecified atom stereocenters. The van der Waals surface area contributed by atoms with E-state index in [4.69, 9.17) is 0 Å². The van der Waals surface area contributed by atoms with Gasteiger partial charge < -0.3 is 20.1 Å². The summed E-state index contributed by atoms with van der Waals surface area (Å²) in [5.74, 6) is 0.828. The van der Waals surface area contributed by atoms with Crippen LogP contribution in [0.3, 0.4) is 0 Å². The van der Waals surface area contributed by atoms with Gasteiger partial charge in [0, 0.05) is 45.6 Å². The Kier molecular flexibility index (Phi) is 9.48. The molecule has 6 heteroatoms. The third kappa shape index (κ3) is 7.35. The number of aromatic nitrogens is 1. The molecule has 1 aromatic carbocycles. The summed E-state index contributed by atoms with van der Waals surface area (Å²) in [6.45, 7) is 3.50. The minimum Gasteiger partial charge on any atom is -0.355 e. The fourth-order valence-corrected chi connectivity index (χ4v) is 2.36. The van der Waals surface area contributed by atoms with Gasteiger partial charge in [0.1, 0.15) is 0 Å². The van der Waals surface area contributed by atoms with E-state index in [-0.39, 0.29) is 24.0 Å². The zero-order valence-corrected chi connectivity index (χ0v) is 17.0. The smallest absolute Gasteiger partial charge is 0.191 e. The third-order valence-electron chi connectivity index (χ3n) is 3.53. The lowest BCUT2D eigenvalue weighted by Crippen LogP contribution is -2.38. The second kappa shape index (κ2) is 11.1. The van der Waals surface area contributed by atoms with Crippen LogP contribution >= 0.6 is 24.0 Å². The normalized spacial score (nSPS) is 11.2. The highest BCUT2D eigenvalue weighted by Gasteiger charge is 2.00. The summed E-state index contributed by atoms with van der Waals surface area (Å²) in [5, 5.41) is 6.67. The van der Waals surface area contributed by atoms with Crippen molar-refractivity contribution in [1.82, 2.24) is 20.1 Å². The Balaban J connectivity index is 0.00000288. The molecule has 0 aliphatic heterocycles. The van der Waals surface area contributed by atoms with E-state index < -0.39 is 0 Å². The van der Waals surface area contributed by atoms with E-state index in [1.807, 2.05) is 12.1 Å². The SMILES string of the molecule is CN=C(NCCn1cccc1)NCc1ccc(CN(C)C)cc1.I. The summed E-state index contributed by atoms with van der Waals surface area (Å²) in [6.07, 6.45) is 4.13. The molecule has 0 saturated carbocycles. The molecule has 1 heterocycles. The predicted octanol–water partition coefficient (Wildman–Crippen LogP) is 2.53. The van der Waals surface area contributed by atoms with Crippen molar-refractivity contribution in [3.63, 3.8) is 0 Å². The van der Waals surface area contributed by atoms with Gasteiger partial charge in [0.15, 0.2) is 5.96 Å². The zero-order chi connectivity index (χ0) is 16.5.